The molecule has 0 aromatic rings. The number of amides is 2. The summed E-state index contributed by atoms with van der Waals surface area (Å²) in [6.07, 6.45) is 3.69. The van der Waals surface area contributed by atoms with E-state index in [-0.39, 0.29) is 6.03 Å². The second-order valence-corrected chi connectivity index (χ2v) is 4.74. The number of hydrogen-bond acceptors (Lipinski definition) is 2. The smallest absolute Gasteiger partial charge is 0.317 e. The van der Waals surface area contributed by atoms with Crippen molar-refractivity contribution in [2.45, 2.75) is 25.3 Å². The molecule has 2 rings (SSSR count). The molecule has 1 N–H and O–H groups in total. The second-order valence-electron chi connectivity index (χ2n) is 4.74. The summed E-state index contributed by atoms with van der Waals surface area (Å²) < 4.78 is 0. The number of urea groups is 1. The highest BCUT2D eigenvalue weighted by atomic mass is 16.2. The average Bonchev–Trinajstić information content (AvgIpc) is 2.28. The van der Waals surface area contributed by atoms with Gasteiger partial charge in [0.2, 0.25) is 0 Å². The monoisotopic (exact) mass is 211 g/mol. The van der Waals surface area contributed by atoms with Gasteiger partial charge >= 0.3 is 6.03 Å². The third-order valence-corrected chi connectivity index (χ3v) is 3.85. The molecule has 2 saturated heterocycles. The number of piperidine rings is 2. The van der Waals surface area contributed by atoms with E-state index >= 15 is 0 Å². The number of nitrogens with zero attached hydrogens (tertiary/aromatic N) is 2. The Morgan fingerprint density at radius 3 is 2.87 bits per heavy atom. The number of likely N-dealkylation sites (tertiary alicyclic amines) is 2. The molecule has 2 atom stereocenters. The summed E-state index contributed by atoms with van der Waals surface area (Å²) in [4.78, 5) is 16.0. The van der Waals surface area contributed by atoms with E-state index in [2.05, 4.69) is 17.3 Å². The van der Waals surface area contributed by atoms with Crippen LogP contribution in [-0.4, -0.2) is 55.6 Å². The van der Waals surface area contributed by atoms with Crippen LogP contribution in [0.2, 0.25) is 0 Å². The summed E-state index contributed by atoms with van der Waals surface area (Å²) in [6.45, 7) is 3.07. The van der Waals surface area contributed by atoms with Crippen LogP contribution in [0, 0.1) is 5.92 Å². The predicted octanol–water partition coefficient (Wildman–Crippen LogP) is 0.742. The molecule has 0 aliphatic carbocycles. The van der Waals surface area contributed by atoms with Gasteiger partial charge in [0.25, 0.3) is 0 Å². The number of carbonyl (C=O) groups excluding carboxylic acids is 1. The standard InChI is InChI=1S/C11H21N3O/c1-12-11(15)14-7-5-10-9(8-14)4-3-6-13(10)2/h9-10H,3-8H2,1-2H3,(H,12,15). The molecule has 0 spiro atoms. The van der Waals surface area contributed by atoms with Crippen molar-refractivity contribution >= 4 is 6.03 Å². The molecule has 2 fully saturated rings. The molecule has 0 aromatic heterocycles. The molecular weight excluding hydrogens is 190 g/mol. The van der Waals surface area contributed by atoms with Gasteiger partial charge in [-0.15, -0.1) is 0 Å². The van der Waals surface area contributed by atoms with E-state index < -0.39 is 0 Å². The number of nitrogens with one attached hydrogen (secondary N) is 1. The maximum atomic E-state index is 11.5. The first-order valence-electron chi connectivity index (χ1n) is 5.89. The Balaban J connectivity index is 1.96. The van der Waals surface area contributed by atoms with E-state index in [9.17, 15) is 4.79 Å². The Morgan fingerprint density at radius 2 is 2.13 bits per heavy atom. The van der Waals surface area contributed by atoms with Crippen LogP contribution in [0.3, 0.4) is 0 Å². The minimum atomic E-state index is 0.0849. The van der Waals surface area contributed by atoms with Crippen molar-refractivity contribution in [3.05, 3.63) is 0 Å². The molecule has 2 aliphatic heterocycles. The Labute approximate surface area is 91.6 Å². The topological polar surface area (TPSA) is 35.6 Å². The highest BCUT2D eigenvalue weighted by molar-refractivity contribution is 5.73. The van der Waals surface area contributed by atoms with Gasteiger partial charge in [0, 0.05) is 26.2 Å². The lowest BCUT2D eigenvalue weighted by atomic mass is 9.84. The molecule has 2 heterocycles. The van der Waals surface area contributed by atoms with Crippen molar-refractivity contribution in [2.75, 3.05) is 33.7 Å². The Kier molecular flexibility index (Phi) is 3.14. The van der Waals surface area contributed by atoms with Crippen LogP contribution in [-0.2, 0) is 0 Å². The fourth-order valence-electron chi connectivity index (χ4n) is 3.00. The van der Waals surface area contributed by atoms with Gasteiger partial charge in [-0.2, -0.15) is 0 Å². The van der Waals surface area contributed by atoms with Crippen LogP contribution in [0.15, 0.2) is 0 Å². The highest BCUT2D eigenvalue weighted by Gasteiger charge is 2.35. The van der Waals surface area contributed by atoms with Gasteiger partial charge in [-0.25, -0.2) is 4.79 Å². The van der Waals surface area contributed by atoms with Crippen LogP contribution < -0.4 is 5.32 Å². The summed E-state index contributed by atoms with van der Waals surface area (Å²) in [5.41, 5.74) is 0. The minimum absolute atomic E-state index is 0.0849. The van der Waals surface area contributed by atoms with Gasteiger partial charge in [-0.1, -0.05) is 0 Å². The summed E-state index contributed by atoms with van der Waals surface area (Å²) in [6, 6.07) is 0.793. The third kappa shape index (κ3) is 2.09. The zero-order chi connectivity index (χ0) is 10.8. The van der Waals surface area contributed by atoms with E-state index in [1.165, 1.54) is 19.4 Å². The quantitative estimate of drug-likeness (QED) is 0.641. The predicted molar refractivity (Wildman–Crippen MR) is 59.8 cm³/mol. The van der Waals surface area contributed by atoms with Crippen molar-refractivity contribution in [1.29, 1.82) is 0 Å². The Hall–Kier alpha value is -0.770. The van der Waals surface area contributed by atoms with Crippen molar-refractivity contribution in [3.8, 4) is 0 Å². The van der Waals surface area contributed by atoms with Crippen LogP contribution in [0.25, 0.3) is 0 Å². The first-order chi connectivity index (χ1) is 7.22. The Morgan fingerprint density at radius 1 is 1.33 bits per heavy atom. The van der Waals surface area contributed by atoms with Gasteiger partial charge in [0.05, 0.1) is 0 Å². The molecule has 0 aromatic carbocycles. The molecule has 4 heteroatoms. The minimum Gasteiger partial charge on any atom is -0.341 e. The van der Waals surface area contributed by atoms with Gasteiger partial charge in [-0.05, 0) is 38.8 Å². The molecule has 0 radical (unpaired) electrons. The molecule has 2 amide bonds. The molecule has 0 saturated carbocycles. The summed E-state index contributed by atoms with van der Waals surface area (Å²) >= 11 is 0. The van der Waals surface area contributed by atoms with Crippen molar-refractivity contribution < 1.29 is 4.79 Å². The van der Waals surface area contributed by atoms with Crippen molar-refractivity contribution in [1.82, 2.24) is 15.1 Å². The number of fused-ring (bicyclic) bond motifs is 1. The third-order valence-electron chi connectivity index (χ3n) is 3.85. The lowest BCUT2D eigenvalue weighted by molar-refractivity contribution is 0.0520. The Bertz CT molecular complexity index is 244. The number of rotatable bonds is 0. The molecule has 2 unspecified atom stereocenters. The molecule has 0 bridgehead atoms. The maximum absolute atomic E-state index is 11.5. The van der Waals surface area contributed by atoms with E-state index in [0.717, 1.165) is 19.5 Å². The van der Waals surface area contributed by atoms with E-state index in [1.54, 1.807) is 7.05 Å². The first-order valence-corrected chi connectivity index (χ1v) is 5.89. The van der Waals surface area contributed by atoms with Crippen LogP contribution in [0.4, 0.5) is 4.79 Å². The SMILES string of the molecule is CNC(=O)N1CCC2C(CCCN2C)C1. The van der Waals surface area contributed by atoms with Crippen LogP contribution in [0.1, 0.15) is 19.3 Å². The molecule has 86 valence electrons. The van der Waals surface area contributed by atoms with E-state index in [4.69, 9.17) is 0 Å². The van der Waals surface area contributed by atoms with Gasteiger partial charge in [0.1, 0.15) is 0 Å². The number of carbonyl (C=O) groups is 1. The molecule has 4 nitrogen and oxygen atoms in total. The molecule has 15 heavy (non-hydrogen) atoms. The van der Waals surface area contributed by atoms with Crippen LogP contribution >= 0.6 is 0 Å². The number of hydrogen-bond donors (Lipinski definition) is 1. The van der Waals surface area contributed by atoms with E-state index in [0.29, 0.717) is 12.0 Å². The van der Waals surface area contributed by atoms with E-state index in [1.807, 2.05) is 4.90 Å². The fraction of sp³-hybridized carbons (Fsp3) is 0.909. The largest absolute Gasteiger partial charge is 0.341 e. The lowest BCUT2D eigenvalue weighted by Crippen LogP contribution is -2.55. The zero-order valence-electron chi connectivity index (χ0n) is 9.70. The van der Waals surface area contributed by atoms with Crippen LogP contribution in [0.5, 0.6) is 0 Å². The zero-order valence-corrected chi connectivity index (χ0v) is 9.70. The maximum Gasteiger partial charge on any atom is 0.317 e. The average molecular weight is 211 g/mol. The van der Waals surface area contributed by atoms with Gasteiger partial charge in [-0.3, -0.25) is 0 Å². The summed E-state index contributed by atoms with van der Waals surface area (Å²) in [7, 11) is 3.92. The first kappa shape index (κ1) is 10.7. The highest BCUT2D eigenvalue weighted by Crippen LogP contribution is 2.29. The van der Waals surface area contributed by atoms with Crippen molar-refractivity contribution in [3.63, 3.8) is 0 Å². The fourth-order valence-corrected chi connectivity index (χ4v) is 3.00. The van der Waals surface area contributed by atoms with Gasteiger partial charge in [0.15, 0.2) is 0 Å². The summed E-state index contributed by atoms with van der Waals surface area (Å²) in [5, 5.41) is 2.71. The normalized spacial score (nSPS) is 32.3. The summed E-state index contributed by atoms with van der Waals surface area (Å²) in [5.74, 6) is 0.690. The lowest BCUT2D eigenvalue weighted by Gasteiger charge is -2.45. The van der Waals surface area contributed by atoms with Crippen molar-refractivity contribution in [2.24, 2.45) is 5.92 Å². The van der Waals surface area contributed by atoms with Gasteiger partial charge < -0.3 is 15.1 Å². The molecule has 2 aliphatic rings. The second kappa shape index (κ2) is 4.39. The molecular formula is C11H21N3O.